The molecule has 3 heterocycles. The Hall–Kier alpha value is -2.77. The number of piperidine rings is 1. The summed E-state index contributed by atoms with van der Waals surface area (Å²) >= 11 is 0. The summed E-state index contributed by atoms with van der Waals surface area (Å²) in [6.45, 7) is 9.19. The molecule has 1 atom stereocenters. The number of amides is 2. The first-order valence-corrected chi connectivity index (χ1v) is 10.6. The number of carbonyl (C=O) groups is 2. The minimum Gasteiger partial charge on any atom is -0.342 e. The van der Waals surface area contributed by atoms with Crippen LogP contribution in [0, 0.1) is 12.8 Å². The fourth-order valence-electron chi connectivity index (χ4n) is 3.40. The zero-order valence-corrected chi connectivity index (χ0v) is 18.3. The molecule has 1 aliphatic heterocycles. The number of aromatic nitrogens is 3. The van der Waals surface area contributed by atoms with Crippen LogP contribution in [0.25, 0.3) is 0 Å². The van der Waals surface area contributed by atoms with Gasteiger partial charge in [-0.15, -0.1) is 0 Å². The zero-order valence-electron chi connectivity index (χ0n) is 18.3. The van der Waals surface area contributed by atoms with E-state index >= 15 is 0 Å². The van der Waals surface area contributed by atoms with Crippen LogP contribution in [0.3, 0.4) is 0 Å². The van der Waals surface area contributed by atoms with E-state index in [1.54, 1.807) is 17.2 Å². The van der Waals surface area contributed by atoms with Crippen molar-refractivity contribution in [3.8, 4) is 0 Å². The minimum atomic E-state index is -0.212. The van der Waals surface area contributed by atoms with E-state index in [0.717, 1.165) is 18.4 Å². The second-order valence-corrected chi connectivity index (χ2v) is 9.00. The van der Waals surface area contributed by atoms with Gasteiger partial charge < -0.3 is 14.7 Å². The van der Waals surface area contributed by atoms with Gasteiger partial charge in [0.15, 0.2) is 5.82 Å². The molecule has 2 amide bonds. The lowest BCUT2D eigenvalue weighted by Crippen LogP contribution is -2.43. The number of pyridine rings is 1. The van der Waals surface area contributed by atoms with E-state index in [2.05, 4.69) is 20.4 Å². The number of hydrogen-bond donors (Lipinski definition) is 1. The fraction of sp³-hybridized carbons (Fsp3) is 0.591. The molecule has 2 aromatic rings. The number of rotatable bonds is 6. The van der Waals surface area contributed by atoms with Crippen LogP contribution in [0.1, 0.15) is 63.7 Å². The topological polar surface area (TPSA) is 101 Å². The summed E-state index contributed by atoms with van der Waals surface area (Å²) < 4.78 is 5.29. The quantitative estimate of drug-likeness (QED) is 0.780. The van der Waals surface area contributed by atoms with E-state index in [1.165, 1.54) is 0 Å². The van der Waals surface area contributed by atoms with Gasteiger partial charge in [-0.05, 0) is 37.8 Å². The number of likely N-dealkylation sites (tertiary alicyclic amines) is 1. The van der Waals surface area contributed by atoms with Crippen molar-refractivity contribution < 1.29 is 14.1 Å². The van der Waals surface area contributed by atoms with Crippen LogP contribution >= 0.6 is 0 Å². The van der Waals surface area contributed by atoms with Crippen LogP contribution in [0.4, 0.5) is 5.82 Å². The lowest BCUT2D eigenvalue weighted by molar-refractivity contribution is -0.134. The zero-order chi connectivity index (χ0) is 21.7. The molecule has 0 aliphatic carbocycles. The van der Waals surface area contributed by atoms with Gasteiger partial charge in [-0.25, -0.2) is 4.98 Å². The molecule has 0 radical (unpaired) electrons. The van der Waals surface area contributed by atoms with E-state index < -0.39 is 0 Å². The van der Waals surface area contributed by atoms with E-state index in [9.17, 15) is 9.59 Å². The predicted molar refractivity (Wildman–Crippen MR) is 113 cm³/mol. The second-order valence-electron chi connectivity index (χ2n) is 9.00. The Kier molecular flexibility index (Phi) is 6.84. The van der Waals surface area contributed by atoms with Crippen molar-refractivity contribution in [3.63, 3.8) is 0 Å². The standard InChI is InChI=1S/C22H31N5O3/c1-15-10-11-17(23-13-15)24-20(29)16-7-6-12-27(14-16)19(28)9-5-8-18-25-21(26-30-18)22(2,3)4/h10-11,13,16H,5-9,12,14H2,1-4H3,(H,23,24,29). The van der Waals surface area contributed by atoms with Crippen LogP contribution in [0.15, 0.2) is 22.9 Å². The predicted octanol–water partition coefficient (Wildman–Crippen LogP) is 3.27. The number of carbonyl (C=O) groups excluding carboxylic acids is 2. The summed E-state index contributed by atoms with van der Waals surface area (Å²) in [4.78, 5) is 35.6. The molecule has 0 bridgehead atoms. The van der Waals surface area contributed by atoms with Crippen molar-refractivity contribution in [2.45, 2.75) is 65.2 Å². The lowest BCUT2D eigenvalue weighted by Gasteiger charge is -2.32. The van der Waals surface area contributed by atoms with Gasteiger partial charge in [-0.1, -0.05) is 32.0 Å². The van der Waals surface area contributed by atoms with Gasteiger partial charge in [0.2, 0.25) is 17.7 Å². The molecule has 1 saturated heterocycles. The van der Waals surface area contributed by atoms with Gasteiger partial charge in [-0.2, -0.15) is 4.98 Å². The average Bonchev–Trinajstić information content (AvgIpc) is 3.19. The lowest BCUT2D eigenvalue weighted by atomic mass is 9.96. The van der Waals surface area contributed by atoms with Gasteiger partial charge in [0, 0.05) is 37.5 Å². The van der Waals surface area contributed by atoms with Crippen molar-refractivity contribution >= 4 is 17.6 Å². The third-order valence-corrected chi connectivity index (χ3v) is 5.23. The van der Waals surface area contributed by atoms with Gasteiger partial charge in [0.25, 0.3) is 0 Å². The summed E-state index contributed by atoms with van der Waals surface area (Å²) in [5, 5.41) is 6.87. The molecule has 162 valence electrons. The molecule has 0 spiro atoms. The third kappa shape index (κ3) is 5.87. The van der Waals surface area contributed by atoms with Crippen LogP contribution < -0.4 is 5.32 Å². The van der Waals surface area contributed by atoms with Crippen LogP contribution in [-0.2, 0) is 21.4 Å². The summed E-state index contributed by atoms with van der Waals surface area (Å²) in [5.74, 6) is 1.56. The van der Waals surface area contributed by atoms with Crippen LogP contribution in [-0.4, -0.2) is 44.9 Å². The molecule has 1 aliphatic rings. The van der Waals surface area contributed by atoms with Crippen molar-refractivity contribution in [3.05, 3.63) is 35.6 Å². The highest BCUT2D eigenvalue weighted by Crippen LogP contribution is 2.21. The molecule has 8 heteroatoms. The van der Waals surface area contributed by atoms with Crippen molar-refractivity contribution in [1.82, 2.24) is 20.0 Å². The summed E-state index contributed by atoms with van der Waals surface area (Å²) in [7, 11) is 0. The molecule has 30 heavy (non-hydrogen) atoms. The van der Waals surface area contributed by atoms with E-state index in [-0.39, 0.29) is 23.1 Å². The molecule has 1 N–H and O–H groups in total. The van der Waals surface area contributed by atoms with E-state index in [4.69, 9.17) is 4.52 Å². The molecule has 1 unspecified atom stereocenters. The van der Waals surface area contributed by atoms with Crippen LogP contribution in [0.2, 0.25) is 0 Å². The summed E-state index contributed by atoms with van der Waals surface area (Å²) in [5.41, 5.74) is 0.882. The van der Waals surface area contributed by atoms with Gasteiger partial charge in [0.05, 0.1) is 5.92 Å². The number of aryl methyl sites for hydroxylation is 2. The highest BCUT2D eigenvalue weighted by Gasteiger charge is 2.28. The first-order chi connectivity index (χ1) is 14.2. The van der Waals surface area contributed by atoms with Gasteiger partial charge in [-0.3, -0.25) is 9.59 Å². The van der Waals surface area contributed by atoms with Crippen molar-refractivity contribution in [2.24, 2.45) is 5.92 Å². The molecule has 2 aromatic heterocycles. The van der Waals surface area contributed by atoms with Gasteiger partial charge in [0.1, 0.15) is 5.82 Å². The Morgan fingerprint density at radius 3 is 2.77 bits per heavy atom. The largest absolute Gasteiger partial charge is 0.342 e. The van der Waals surface area contributed by atoms with E-state index in [0.29, 0.717) is 49.9 Å². The maximum Gasteiger partial charge on any atom is 0.230 e. The molecular formula is C22H31N5O3. The average molecular weight is 414 g/mol. The Morgan fingerprint density at radius 2 is 2.10 bits per heavy atom. The minimum absolute atomic E-state index is 0.0662. The van der Waals surface area contributed by atoms with Crippen molar-refractivity contribution in [1.29, 1.82) is 0 Å². The smallest absolute Gasteiger partial charge is 0.230 e. The maximum absolute atomic E-state index is 12.6. The Labute approximate surface area is 177 Å². The molecule has 8 nitrogen and oxygen atoms in total. The first-order valence-electron chi connectivity index (χ1n) is 10.6. The third-order valence-electron chi connectivity index (χ3n) is 5.23. The molecule has 0 saturated carbocycles. The van der Waals surface area contributed by atoms with E-state index in [1.807, 2.05) is 33.8 Å². The second kappa shape index (κ2) is 9.36. The maximum atomic E-state index is 12.6. The number of nitrogens with zero attached hydrogens (tertiary/aromatic N) is 4. The molecule has 3 rings (SSSR count). The summed E-state index contributed by atoms with van der Waals surface area (Å²) in [6.07, 6.45) is 4.95. The highest BCUT2D eigenvalue weighted by molar-refractivity contribution is 5.92. The SMILES string of the molecule is Cc1ccc(NC(=O)C2CCCN(C(=O)CCCc3nc(C(C)(C)C)no3)C2)nc1. The molecular weight excluding hydrogens is 382 g/mol. The first kappa shape index (κ1) is 21.9. The highest BCUT2D eigenvalue weighted by atomic mass is 16.5. The van der Waals surface area contributed by atoms with Gasteiger partial charge >= 0.3 is 0 Å². The number of nitrogens with one attached hydrogen (secondary N) is 1. The number of anilines is 1. The fourth-order valence-corrected chi connectivity index (χ4v) is 3.40. The van der Waals surface area contributed by atoms with Crippen molar-refractivity contribution in [2.75, 3.05) is 18.4 Å². The summed E-state index contributed by atoms with van der Waals surface area (Å²) in [6, 6.07) is 3.70. The van der Waals surface area contributed by atoms with Crippen LogP contribution in [0.5, 0.6) is 0 Å². The molecule has 1 fully saturated rings. The number of hydrogen-bond acceptors (Lipinski definition) is 6. The molecule has 0 aromatic carbocycles. The Balaban J connectivity index is 1.46. The normalized spacial score (nSPS) is 17.1. The monoisotopic (exact) mass is 413 g/mol. The Bertz CT molecular complexity index is 870. The Morgan fingerprint density at radius 1 is 1.30 bits per heavy atom.